The predicted octanol–water partition coefficient (Wildman–Crippen LogP) is 8.89. The number of pyridine rings is 1. The molecule has 242 valence electrons. The van der Waals surface area contributed by atoms with Gasteiger partial charge in [0, 0.05) is 35.7 Å². The Kier molecular flexibility index (Phi) is 9.47. The van der Waals surface area contributed by atoms with Gasteiger partial charge in [-0.15, -0.1) is 12.4 Å². The number of carboxylic acid groups (broad SMARTS) is 1. The second-order valence-electron chi connectivity index (χ2n) is 11.9. The zero-order valence-electron chi connectivity index (χ0n) is 25.5. The van der Waals surface area contributed by atoms with Gasteiger partial charge >= 0.3 is 5.97 Å². The molecule has 0 spiro atoms. The van der Waals surface area contributed by atoms with E-state index >= 15 is 4.39 Å². The molecule has 8 nitrogen and oxygen atoms in total. The van der Waals surface area contributed by atoms with Crippen LogP contribution in [0.1, 0.15) is 67.0 Å². The van der Waals surface area contributed by atoms with Gasteiger partial charge in [-0.25, -0.2) is 19.2 Å². The Balaban J connectivity index is 0.00000386. The highest BCUT2D eigenvalue weighted by Gasteiger charge is 2.26. The van der Waals surface area contributed by atoms with Crippen LogP contribution in [0.25, 0.3) is 33.5 Å². The van der Waals surface area contributed by atoms with E-state index in [9.17, 15) is 14.7 Å². The van der Waals surface area contributed by atoms with Gasteiger partial charge in [-0.1, -0.05) is 43.0 Å². The number of hydrogen-bond acceptors (Lipinski definition) is 5. The first kappa shape index (κ1) is 32.5. The van der Waals surface area contributed by atoms with Gasteiger partial charge in [0.25, 0.3) is 0 Å². The van der Waals surface area contributed by atoms with Crippen molar-refractivity contribution in [3.8, 4) is 28.3 Å². The lowest BCUT2D eigenvalue weighted by atomic mass is 9.94. The standard InChI is InChI=1S/C36H32ClFN4O4.ClH/c37-24-11-8-22(9-12-24)27-15-17-33(41-18-4-7-34(41)43)39-31(27)21-46-26-13-14-28(29(38)20-26)35-40-30-19-23(36(44)45)10-16-32(30)42(35)25-5-2-1-3-6-25;/h8-17,19-20,25H,1-7,18,21H2,(H,44,45);1H. The number of halogens is 3. The molecule has 5 aromatic rings. The van der Waals surface area contributed by atoms with Crippen LogP contribution in [0, 0.1) is 5.82 Å². The van der Waals surface area contributed by atoms with Gasteiger partial charge < -0.3 is 14.4 Å². The van der Waals surface area contributed by atoms with Crippen LogP contribution >= 0.6 is 24.0 Å². The van der Waals surface area contributed by atoms with Crippen molar-refractivity contribution >= 4 is 52.7 Å². The highest BCUT2D eigenvalue weighted by atomic mass is 35.5. The quantitative estimate of drug-likeness (QED) is 0.177. The Morgan fingerprint density at radius 1 is 0.936 bits per heavy atom. The van der Waals surface area contributed by atoms with Gasteiger partial charge in [0.1, 0.15) is 29.8 Å². The summed E-state index contributed by atoms with van der Waals surface area (Å²) in [6.07, 6.45) is 6.49. The lowest BCUT2D eigenvalue weighted by Gasteiger charge is -2.25. The van der Waals surface area contributed by atoms with Crippen molar-refractivity contribution in [2.45, 2.75) is 57.6 Å². The number of hydrogen-bond donors (Lipinski definition) is 1. The fraction of sp³-hybridized carbons (Fsp3) is 0.278. The fourth-order valence-corrected chi connectivity index (χ4v) is 6.71. The minimum Gasteiger partial charge on any atom is -0.487 e. The summed E-state index contributed by atoms with van der Waals surface area (Å²) in [6.45, 7) is 0.660. The molecule has 2 fully saturated rings. The fourth-order valence-electron chi connectivity index (χ4n) is 6.58. The van der Waals surface area contributed by atoms with Crippen molar-refractivity contribution in [1.29, 1.82) is 0 Å². The maximum absolute atomic E-state index is 15.9. The number of carboxylic acids is 1. The summed E-state index contributed by atoms with van der Waals surface area (Å²) in [7, 11) is 0. The van der Waals surface area contributed by atoms with Crippen molar-refractivity contribution in [3.63, 3.8) is 0 Å². The SMILES string of the molecule is Cl.O=C(O)c1ccc2c(c1)nc(-c1ccc(OCc3nc(N4CCCC4=O)ccc3-c3ccc(Cl)cc3)cc1F)n2C1CCCCC1. The molecule has 0 radical (unpaired) electrons. The zero-order valence-corrected chi connectivity index (χ0v) is 27.1. The van der Waals surface area contributed by atoms with E-state index in [0.717, 1.165) is 55.2 Å². The molecule has 11 heteroatoms. The summed E-state index contributed by atoms with van der Waals surface area (Å²) in [4.78, 5) is 35.3. The number of benzene rings is 3. The average molecular weight is 676 g/mol. The van der Waals surface area contributed by atoms with Gasteiger partial charge in [0.15, 0.2) is 0 Å². The maximum Gasteiger partial charge on any atom is 0.335 e. The lowest BCUT2D eigenvalue weighted by Crippen LogP contribution is -2.25. The predicted molar refractivity (Wildman–Crippen MR) is 182 cm³/mol. The average Bonchev–Trinajstić information content (AvgIpc) is 3.67. The number of imidazole rings is 1. The van der Waals surface area contributed by atoms with Gasteiger partial charge in [0.05, 0.1) is 27.9 Å². The molecular weight excluding hydrogens is 642 g/mol. The molecule has 1 aliphatic heterocycles. The first-order valence-electron chi connectivity index (χ1n) is 15.6. The first-order valence-corrected chi connectivity index (χ1v) is 16.0. The van der Waals surface area contributed by atoms with E-state index in [1.54, 1.807) is 47.4 Å². The number of carbonyl (C=O) groups excluding carboxylic acids is 1. The van der Waals surface area contributed by atoms with Crippen LogP contribution in [-0.4, -0.2) is 38.1 Å². The van der Waals surface area contributed by atoms with E-state index in [1.807, 2.05) is 24.3 Å². The molecule has 7 rings (SSSR count). The molecule has 1 saturated carbocycles. The number of nitrogens with zero attached hydrogens (tertiary/aromatic N) is 4. The zero-order chi connectivity index (χ0) is 31.8. The molecule has 1 amide bonds. The van der Waals surface area contributed by atoms with Crippen LogP contribution in [0.2, 0.25) is 5.02 Å². The normalized spacial score (nSPS) is 15.2. The van der Waals surface area contributed by atoms with E-state index in [0.29, 0.717) is 52.2 Å². The van der Waals surface area contributed by atoms with Crippen LogP contribution in [0.3, 0.4) is 0 Å². The van der Waals surface area contributed by atoms with E-state index in [4.69, 9.17) is 26.3 Å². The number of amides is 1. The molecule has 1 saturated heterocycles. The molecule has 3 heterocycles. The third-order valence-corrected chi connectivity index (χ3v) is 9.15. The van der Waals surface area contributed by atoms with Crippen molar-refractivity contribution < 1.29 is 23.8 Å². The number of rotatable bonds is 8. The van der Waals surface area contributed by atoms with Crippen LogP contribution in [-0.2, 0) is 11.4 Å². The Labute approximate surface area is 282 Å². The minimum atomic E-state index is -1.03. The highest BCUT2D eigenvalue weighted by molar-refractivity contribution is 6.30. The number of aromatic nitrogens is 3. The van der Waals surface area contributed by atoms with Gasteiger partial charge in [0.2, 0.25) is 5.91 Å². The minimum absolute atomic E-state index is 0. The number of carbonyl (C=O) groups is 2. The Morgan fingerprint density at radius 3 is 2.40 bits per heavy atom. The van der Waals surface area contributed by atoms with Crippen LogP contribution in [0.15, 0.2) is 72.8 Å². The highest BCUT2D eigenvalue weighted by Crippen LogP contribution is 2.38. The molecule has 2 aliphatic rings. The number of fused-ring (bicyclic) bond motifs is 1. The summed E-state index contributed by atoms with van der Waals surface area (Å²) in [6, 6.07) is 20.9. The number of ether oxygens (including phenoxy) is 1. The van der Waals surface area contributed by atoms with Crippen LogP contribution in [0.5, 0.6) is 5.75 Å². The summed E-state index contributed by atoms with van der Waals surface area (Å²) < 4.78 is 24.1. The molecule has 1 aliphatic carbocycles. The van der Waals surface area contributed by atoms with Gasteiger partial charge in [-0.05, 0) is 79.4 Å². The monoisotopic (exact) mass is 674 g/mol. The van der Waals surface area contributed by atoms with Crippen molar-refractivity contribution in [2.24, 2.45) is 0 Å². The van der Waals surface area contributed by atoms with E-state index in [1.165, 1.54) is 6.07 Å². The largest absolute Gasteiger partial charge is 0.487 e. The molecule has 0 unspecified atom stereocenters. The van der Waals surface area contributed by atoms with Gasteiger partial charge in [-0.2, -0.15) is 0 Å². The smallest absolute Gasteiger partial charge is 0.335 e. The van der Waals surface area contributed by atoms with Crippen LogP contribution < -0.4 is 9.64 Å². The lowest BCUT2D eigenvalue weighted by molar-refractivity contribution is -0.117. The van der Waals surface area contributed by atoms with E-state index in [-0.39, 0.29) is 36.5 Å². The second kappa shape index (κ2) is 13.7. The Hall–Kier alpha value is -4.47. The van der Waals surface area contributed by atoms with E-state index < -0.39 is 11.8 Å². The number of anilines is 1. The summed E-state index contributed by atoms with van der Waals surface area (Å²) in [5.74, 6) is -0.132. The molecule has 3 aromatic carbocycles. The first-order chi connectivity index (χ1) is 22.4. The van der Waals surface area contributed by atoms with Crippen molar-refractivity contribution in [2.75, 3.05) is 11.4 Å². The van der Waals surface area contributed by atoms with Gasteiger partial charge in [-0.3, -0.25) is 9.69 Å². The third-order valence-electron chi connectivity index (χ3n) is 8.90. The Bertz CT molecular complexity index is 1960. The summed E-state index contributed by atoms with van der Waals surface area (Å²) >= 11 is 6.13. The molecule has 2 aromatic heterocycles. The second-order valence-corrected chi connectivity index (χ2v) is 12.3. The van der Waals surface area contributed by atoms with Crippen LogP contribution in [0.4, 0.5) is 10.2 Å². The number of aromatic carboxylic acids is 1. The molecule has 0 atom stereocenters. The Morgan fingerprint density at radius 2 is 1.70 bits per heavy atom. The summed E-state index contributed by atoms with van der Waals surface area (Å²) in [5, 5.41) is 10.1. The molecule has 1 N–H and O–H groups in total. The molecular formula is C36H33Cl2FN4O4. The maximum atomic E-state index is 15.9. The molecule has 0 bridgehead atoms. The topological polar surface area (TPSA) is 97.6 Å². The summed E-state index contributed by atoms with van der Waals surface area (Å²) in [5.41, 5.74) is 4.11. The van der Waals surface area contributed by atoms with E-state index in [2.05, 4.69) is 4.57 Å². The van der Waals surface area contributed by atoms with Crippen molar-refractivity contribution in [3.05, 3.63) is 94.9 Å². The van der Waals surface area contributed by atoms with Crippen molar-refractivity contribution in [1.82, 2.24) is 14.5 Å². The third kappa shape index (κ3) is 6.55. The molecule has 47 heavy (non-hydrogen) atoms.